The lowest BCUT2D eigenvalue weighted by Gasteiger charge is -2.17. The maximum atomic E-state index is 4.89. The van der Waals surface area contributed by atoms with Crippen LogP contribution in [-0.2, 0) is 0 Å². The number of thioether (sulfide) groups is 1. The van der Waals surface area contributed by atoms with Crippen molar-refractivity contribution in [2.24, 2.45) is 4.99 Å². The van der Waals surface area contributed by atoms with Gasteiger partial charge in [-0.3, -0.25) is 4.99 Å². The largest absolute Gasteiger partial charge is 0.257 e. The van der Waals surface area contributed by atoms with Crippen LogP contribution in [-0.4, -0.2) is 17.7 Å². The Balaban J connectivity index is 3.31. The Labute approximate surface area is 116 Å². The second-order valence-electron chi connectivity index (χ2n) is 5.37. The third-order valence-electron chi connectivity index (χ3n) is 3.00. The minimum Gasteiger partial charge on any atom is -0.257 e. The summed E-state index contributed by atoms with van der Waals surface area (Å²) in [6.07, 6.45) is 2.12. The lowest BCUT2D eigenvalue weighted by Crippen LogP contribution is -1.99. The van der Waals surface area contributed by atoms with Crippen molar-refractivity contribution in [2.45, 2.75) is 46.5 Å². The SMILES string of the molecule is CSCC(C)=Nc1c(C(C)C)cccc1C(C)C. The summed E-state index contributed by atoms with van der Waals surface area (Å²) < 4.78 is 0. The van der Waals surface area contributed by atoms with Gasteiger partial charge in [-0.2, -0.15) is 11.8 Å². The number of para-hydroxylation sites is 1. The van der Waals surface area contributed by atoms with Crippen molar-refractivity contribution in [1.82, 2.24) is 0 Å². The Morgan fingerprint density at radius 2 is 1.61 bits per heavy atom. The van der Waals surface area contributed by atoms with Crippen LogP contribution in [0, 0.1) is 0 Å². The number of rotatable bonds is 5. The standard InChI is InChI=1S/C16H25NS/c1-11(2)14-8-7-9-15(12(3)4)16(14)17-13(5)10-18-6/h7-9,11-12H,10H2,1-6H3. The van der Waals surface area contributed by atoms with Crippen LogP contribution < -0.4 is 0 Å². The highest BCUT2D eigenvalue weighted by molar-refractivity contribution is 7.99. The summed E-state index contributed by atoms with van der Waals surface area (Å²) >= 11 is 1.83. The van der Waals surface area contributed by atoms with Crippen molar-refractivity contribution in [3.05, 3.63) is 29.3 Å². The average Bonchev–Trinajstić information content (AvgIpc) is 2.28. The minimum absolute atomic E-state index is 0.518. The molecule has 1 nitrogen and oxygen atoms in total. The van der Waals surface area contributed by atoms with Gasteiger partial charge in [0.1, 0.15) is 0 Å². The van der Waals surface area contributed by atoms with E-state index in [1.807, 2.05) is 11.8 Å². The quantitative estimate of drug-likeness (QED) is 0.649. The van der Waals surface area contributed by atoms with E-state index in [9.17, 15) is 0 Å². The van der Waals surface area contributed by atoms with Gasteiger partial charge in [0.25, 0.3) is 0 Å². The molecule has 0 atom stereocenters. The number of aliphatic imine (C=N–C) groups is 1. The van der Waals surface area contributed by atoms with Gasteiger partial charge in [0.2, 0.25) is 0 Å². The number of nitrogens with zero attached hydrogens (tertiary/aromatic N) is 1. The predicted molar refractivity (Wildman–Crippen MR) is 85.8 cm³/mol. The molecule has 0 saturated carbocycles. The van der Waals surface area contributed by atoms with Crippen molar-refractivity contribution in [3.63, 3.8) is 0 Å². The van der Waals surface area contributed by atoms with Gasteiger partial charge in [0.15, 0.2) is 0 Å². The summed E-state index contributed by atoms with van der Waals surface area (Å²) in [6, 6.07) is 6.58. The number of benzene rings is 1. The van der Waals surface area contributed by atoms with Crippen LogP contribution >= 0.6 is 11.8 Å². The second kappa shape index (κ2) is 6.98. The maximum Gasteiger partial charge on any atom is 0.0698 e. The molecule has 2 heteroatoms. The highest BCUT2D eigenvalue weighted by atomic mass is 32.2. The third kappa shape index (κ3) is 3.88. The van der Waals surface area contributed by atoms with Crippen molar-refractivity contribution < 1.29 is 0 Å². The molecule has 0 fully saturated rings. The molecule has 0 aliphatic carbocycles. The van der Waals surface area contributed by atoms with Crippen LogP contribution in [0.25, 0.3) is 0 Å². The lowest BCUT2D eigenvalue weighted by atomic mass is 9.93. The fourth-order valence-electron chi connectivity index (χ4n) is 2.07. The predicted octanol–water partition coefficient (Wildman–Crippen LogP) is 5.39. The Morgan fingerprint density at radius 3 is 2.00 bits per heavy atom. The van der Waals surface area contributed by atoms with Crippen molar-refractivity contribution in [1.29, 1.82) is 0 Å². The summed E-state index contributed by atoms with van der Waals surface area (Å²) in [7, 11) is 0. The summed E-state index contributed by atoms with van der Waals surface area (Å²) in [4.78, 5) is 4.89. The smallest absolute Gasteiger partial charge is 0.0698 e. The van der Waals surface area contributed by atoms with Crippen LogP contribution in [0.15, 0.2) is 23.2 Å². The lowest BCUT2D eigenvalue weighted by molar-refractivity contribution is 0.834. The highest BCUT2D eigenvalue weighted by Crippen LogP contribution is 2.34. The van der Waals surface area contributed by atoms with Crippen LogP contribution in [0.5, 0.6) is 0 Å². The second-order valence-corrected chi connectivity index (χ2v) is 6.24. The molecule has 0 bridgehead atoms. The fraction of sp³-hybridized carbons (Fsp3) is 0.562. The molecule has 0 amide bonds. The van der Waals surface area contributed by atoms with Crippen LogP contribution in [0.1, 0.15) is 57.6 Å². The molecule has 0 aromatic heterocycles. The first-order chi connectivity index (χ1) is 8.47. The Hall–Kier alpha value is -0.760. The van der Waals surface area contributed by atoms with Gasteiger partial charge in [-0.25, -0.2) is 0 Å². The first-order valence-corrected chi connectivity index (χ1v) is 8.02. The first-order valence-electron chi connectivity index (χ1n) is 6.63. The minimum atomic E-state index is 0.518. The zero-order chi connectivity index (χ0) is 13.7. The van der Waals surface area contributed by atoms with Gasteiger partial charge in [0, 0.05) is 11.5 Å². The van der Waals surface area contributed by atoms with Gasteiger partial charge in [-0.05, 0) is 36.1 Å². The van der Waals surface area contributed by atoms with Crippen molar-refractivity contribution in [2.75, 3.05) is 12.0 Å². The van der Waals surface area contributed by atoms with Crippen LogP contribution in [0.4, 0.5) is 5.69 Å². The highest BCUT2D eigenvalue weighted by Gasteiger charge is 2.13. The molecule has 18 heavy (non-hydrogen) atoms. The average molecular weight is 263 g/mol. The van der Waals surface area contributed by atoms with E-state index in [0.717, 1.165) is 5.75 Å². The van der Waals surface area contributed by atoms with E-state index >= 15 is 0 Å². The van der Waals surface area contributed by atoms with Gasteiger partial charge in [0.05, 0.1) is 5.69 Å². The molecule has 0 aliphatic heterocycles. The van der Waals surface area contributed by atoms with E-state index in [4.69, 9.17) is 4.99 Å². The van der Waals surface area contributed by atoms with Crippen LogP contribution in [0.2, 0.25) is 0 Å². The van der Waals surface area contributed by atoms with Gasteiger partial charge in [-0.1, -0.05) is 45.9 Å². The molecule has 1 rings (SSSR count). The number of hydrogen-bond donors (Lipinski definition) is 0. The zero-order valence-electron chi connectivity index (χ0n) is 12.4. The molecule has 0 spiro atoms. The van der Waals surface area contributed by atoms with E-state index in [2.05, 4.69) is 59.1 Å². The molecular weight excluding hydrogens is 238 g/mol. The first kappa shape index (κ1) is 15.3. The van der Waals surface area contributed by atoms with E-state index in [1.54, 1.807) is 0 Å². The summed E-state index contributed by atoms with van der Waals surface area (Å²) in [5.74, 6) is 2.04. The van der Waals surface area contributed by atoms with Crippen LogP contribution in [0.3, 0.4) is 0 Å². The molecule has 0 heterocycles. The molecule has 1 aromatic carbocycles. The molecule has 0 saturated heterocycles. The topological polar surface area (TPSA) is 12.4 Å². The van der Waals surface area contributed by atoms with E-state index in [1.165, 1.54) is 22.5 Å². The van der Waals surface area contributed by atoms with Crippen molar-refractivity contribution in [3.8, 4) is 0 Å². The van der Waals surface area contributed by atoms with E-state index in [0.29, 0.717) is 11.8 Å². The van der Waals surface area contributed by atoms with E-state index < -0.39 is 0 Å². The summed E-state index contributed by atoms with van der Waals surface area (Å²) in [5, 5.41) is 0. The molecule has 0 unspecified atom stereocenters. The fourth-order valence-corrected chi connectivity index (χ4v) is 2.56. The number of hydrogen-bond acceptors (Lipinski definition) is 2. The molecule has 0 N–H and O–H groups in total. The van der Waals surface area contributed by atoms with E-state index in [-0.39, 0.29) is 0 Å². The normalized spacial score (nSPS) is 12.6. The third-order valence-corrected chi connectivity index (χ3v) is 3.70. The molecule has 100 valence electrons. The van der Waals surface area contributed by atoms with Gasteiger partial charge >= 0.3 is 0 Å². The Kier molecular flexibility index (Phi) is 5.94. The maximum absolute atomic E-state index is 4.89. The van der Waals surface area contributed by atoms with Gasteiger partial charge < -0.3 is 0 Å². The molecular formula is C16H25NS. The molecule has 1 aromatic rings. The Morgan fingerprint density at radius 1 is 1.11 bits per heavy atom. The monoisotopic (exact) mass is 263 g/mol. The summed E-state index contributed by atoms with van der Waals surface area (Å²) in [6.45, 7) is 11.1. The molecule has 0 radical (unpaired) electrons. The molecule has 0 aliphatic rings. The Bertz CT molecular complexity index is 393. The van der Waals surface area contributed by atoms with Gasteiger partial charge in [-0.15, -0.1) is 0 Å². The zero-order valence-corrected chi connectivity index (χ0v) is 13.3. The van der Waals surface area contributed by atoms with Crippen molar-refractivity contribution >= 4 is 23.2 Å². The summed E-state index contributed by atoms with van der Waals surface area (Å²) in [5.41, 5.74) is 5.13.